The van der Waals surface area contributed by atoms with E-state index in [1.165, 1.54) is 25.7 Å². The molecule has 1 aliphatic carbocycles. The quantitative estimate of drug-likeness (QED) is 0.517. The van der Waals surface area contributed by atoms with Crippen molar-refractivity contribution in [3.8, 4) is 0 Å². The van der Waals surface area contributed by atoms with Gasteiger partial charge in [-0.2, -0.15) is 0 Å². The molecule has 1 aliphatic rings. The van der Waals surface area contributed by atoms with Gasteiger partial charge in [0.25, 0.3) is 0 Å². The van der Waals surface area contributed by atoms with Crippen LogP contribution in [0.2, 0.25) is 0 Å². The highest BCUT2D eigenvalue weighted by atomic mass is 16.5. The molecule has 1 fully saturated rings. The Balaban J connectivity index is 2.25. The zero-order chi connectivity index (χ0) is 13.0. The van der Waals surface area contributed by atoms with E-state index < -0.39 is 0 Å². The van der Waals surface area contributed by atoms with Gasteiger partial charge in [0, 0.05) is 5.57 Å². The van der Waals surface area contributed by atoms with Crippen molar-refractivity contribution in [2.75, 3.05) is 0 Å². The highest BCUT2D eigenvalue weighted by Gasteiger charge is 2.30. The lowest BCUT2D eigenvalue weighted by Gasteiger charge is -2.37. The molecule has 2 atom stereocenters. The molecule has 0 aromatic rings. The summed E-state index contributed by atoms with van der Waals surface area (Å²) in [7, 11) is 0. The Kier molecular flexibility index (Phi) is 5.23. The zero-order valence-electron chi connectivity index (χ0n) is 11.7. The van der Waals surface area contributed by atoms with Gasteiger partial charge in [-0.1, -0.05) is 26.8 Å². The lowest BCUT2D eigenvalue weighted by atomic mass is 9.70. The van der Waals surface area contributed by atoms with Crippen LogP contribution in [0.25, 0.3) is 0 Å². The zero-order valence-corrected chi connectivity index (χ0v) is 11.7. The Morgan fingerprint density at radius 2 is 1.94 bits per heavy atom. The molecule has 0 saturated heterocycles. The summed E-state index contributed by atoms with van der Waals surface area (Å²) in [5.74, 6) is 1.98. The number of hydrogen-bond donors (Lipinski definition) is 0. The number of carbonyl (C=O) groups excluding carboxylic acids is 1. The molecule has 2 unspecified atom stereocenters. The number of rotatable bonds is 6. The molecule has 0 N–H and O–H groups in total. The third kappa shape index (κ3) is 4.18. The predicted octanol–water partition coefficient (Wildman–Crippen LogP) is 3.96. The van der Waals surface area contributed by atoms with Crippen molar-refractivity contribution in [1.82, 2.24) is 0 Å². The van der Waals surface area contributed by atoms with Gasteiger partial charge < -0.3 is 4.74 Å². The molecule has 0 radical (unpaired) electrons. The molecule has 0 spiro atoms. The van der Waals surface area contributed by atoms with Crippen LogP contribution >= 0.6 is 0 Å². The van der Waals surface area contributed by atoms with Gasteiger partial charge >= 0.3 is 5.97 Å². The first kappa shape index (κ1) is 14.3. The minimum absolute atomic E-state index is 0.000114. The van der Waals surface area contributed by atoms with Crippen molar-refractivity contribution in [1.29, 1.82) is 0 Å². The van der Waals surface area contributed by atoms with Gasteiger partial charge in [-0.05, 0) is 50.9 Å². The average Bonchev–Trinajstić information content (AvgIpc) is 2.21. The van der Waals surface area contributed by atoms with E-state index in [4.69, 9.17) is 4.74 Å². The normalized spacial score (nSPS) is 26.8. The molecule has 17 heavy (non-hydrogen) atoms. The molecule has 1 rings (SSSR count). The van der Waals surface area contributed by atoms with Gasteiger partial charge in [0.05, 0.1) is 0 Å². The molecule has 2 heteroatoms. The number of ether oxygens (including phenoxy) is 1. The van der Waals surface area contributed by atoms with Crippen LogP contribution in [0.15, 0.2) is 12.2 Å². The van der Waals surface area contributed by atoms with Gasteiger partial charge in [-0.25, -0.2) is 4.79 Å². The summed E-state index contributed by atoms with van der Waals surface area (Å²) in [5.41, 5.74) is 0.485. The molecule has 1 saturated carbocycles. The molecular weight excluding hydrogens is 212 g/mol. The molecule has 0 aromatic carbocycles. The SMILES string of the molecule is C=C(C)C(=O)OC(C)C(C)CC1CC(CC)C1. The van der Waals surface area contributed by atoms with Crippen molar-refractivity contribution in [3.63, 3.8) is 0 Å². The molecule has 2 nitrogen and oxygen atoms in total. The van der Waals surface area contributed by atoms with Crippen LogP contribution < -0.4 is 0 Å². The van der Waals surface area contributed by atoms with Gasteiger partial charge in [0.2, 0.25) is 0 Å². The van der Waals surface area contributed by atoms with Crippen LogP contribution in [0.1, 0.15) is 53.4 Å². The van der Waals surface area contributed by atoms with Crippen molar-refractivity contribution < 1.29 is 9.53 Å². The van der Waals surface area contributed by atoms with E-state index in [2.05, 4.69) is 20.4 Å². The number of carbonyl (C=O) groups is 1. The molecular formula is C15H26O2. The average molecular weight is 238 g/mol. The summed E-state index contributed by atoms with van der Waals surface area (Å²) < 4.78 is 5.36. The second-order valence-corrected chi connectivity index (χ2v) is 5.72. The molecule has 0 aromatic heterocycles. The summed E-state index contributed by atoms with van der Waals surface area (Å²) in [6.07, 6.45) is 5.22. The van der Waals surface area contributed by atoms with Crippen LogP contribution in [0.3, 0.4) is 0 Å². The smallest absolute Gasteiger partial charge is 0.333 e. The highest BCUT2D eigenvalue weighted by Crippen LogP contribution is 2.40. The fourth-order valence-electron chi connectivity index (χ4n) is 2.50. The molecule has 98 valence electrons. The van der Waals surface area contributed by atoms with Crippen molar-refractivity contribution >= 4 is 5.97 Å². The Morgan fingerprint density at radius 3 is 2.41 bits per heavy atom. The number of hydrogen-bond acceptors (Lipinski definition) is 2. The highest BCUT2D eigenvalue weighted by molar-refractivity contribution is 5.87. The van der Waals surface area contributed by atoms with E-state index in [0.29, 0.717) is 11.5 Å². The van der Waals surface area contributed by atoms with Crippen molar-refractivity contribution in [3.05, 3.63) is 12.2 Å². The largest absolute Gasteiger partial charge is 0.459 e. The van der Waals surface area contributed by atoms with E-state index >= 15 is 0 Å². The third-order valence-corrected chi connectivity index (χ3v) is 4.06. The molecule has 0 heterocycles. The van der Waals surface area contributed by atoms with Gasteiger partial charge in [-0.3, -0.25) is 0 Å². The van der Waals surface area contributed by atoms with Gasteiger partial charge in [-0.15, -0.1) is 0 Å². The van der Waals surface area contributed by atoms with E-state index in [9.17, 15) is 4.79 Å². The van der Waals surface area contributed by atoms with Crippen LogP contribution in [0, 0.1) is 17.8 Å². The lowest BCUT2D eigenvalue weighted by molar-refractivity contribution is -0.146. The fraction of sp³-hybridized carbons (Fsp3) is 0.800. The van der Waals surface area contributed by atoms with Crippen molar-refractivity contribution in [2.45, 2.75) is 59.5 Å². The van der Waals surface area contributed by atoms with Crippen molar-refractivity contribution in [2.24, 2.45) is 17.8 Å². The maximum absolute atomic E-state index is 11.4. The molecule has 0 aliphatic heterocycles. The minimum Gasteiger partial charge on any atom is -0.459 e. The topological polar surface area (TPSA) is 26.3 Å². The van der Waals surface area contributed by atoms with E-state index in [1.807, 2.05) is 6.92 Å². The Bertz CT molecular complexity index is 277. The fourth-order valence-corrected chi connectivity index (χ4v) is 2.50. The molecule has 0 amide bonds. The van der Waals surface area contributed by atoms with Gasteiger partial charge in [0.1, 0.15) is 6.10 Å². The molecule has 0 bridgehead atoms. The second-order valence-electron chi connectivity index (χ2n) is 5.72. The van der Waals surface area contributed by atoms with Crippen LogP contribution in [-0.4, -0.2) is 12.1 Å². The van der Waals surface area contributed by atoms with Crippen LogP contribution in [-0.2, 0) is 9.53 Å². The summed E-state index contributed by atoms with van der Waals surface area (Å²) in [5, 5.41) is 0. The van der Waals surface area contributed by atoms with Gasteiger partial charge in [0.15, 0.2) is 0 Å². The maximum Gasteiger partial charge on any atom is 0.333 e. The van der Waals surface area contributed by atoms with E-state index in [1.54, 1.807) is 6.92 Å². The van der Waals surface area contributed by atoms with Crippen LogP contribution in [0.4, 0.5) is 0 Å². The summed E-state index contributed by atoms with van der Waals surface area (Å²) in [6.45, 7) is 11.7. The Morgan fingerprint density at radius 1 is 1.35 bits per heavy atom. The van der Waals surface area contributed by atoms with E-state index in [-0.39, 0.29) is 12.1 Å². The standard InChI is InChI=1S/C15H26O2/c1-6-13-8-14(9-13)7-11(4)12(5)17-15(16)10(2)3/h11-14H,2,6-9H2,1,3-5H3. The predicted molar refractivity (Wildman–Crippen MR) is 70.7 cm³/mol. The van der Waals surface area contributed by atoms with Crippen LogP contribution in [0.5, 0.6) is 0 Å². The second kappa shape index (κ2) is 6.23. The maximum atomic E-state index is 11.4. The summed E-state index contributed by atoms with van der Waals surface area (Å²) in [4.78, 5) is 11.4. The first-order valence-electron chi connectivity index (χ1n) is 6.80. The first-order valence-corrected chi connectivity index (χ1v) is 6.80. The minimum atomic E-state index is -0.260. The Hall–Kier alpha value is -0.790. The summed E-state index contributed by atoms with van der Waals surface area (Å²) in [6, 6.07) is 0. The Labute approximate surface area is 105 Å². The monoisotopic (exact) mass is 238 g/mol. The summed E-state index contributed by atoms with van der Waals surface area (Å²) >= 11 is 0. The lowest BCUT2D eigenvalue weighted by Crippen LogP contribution is -2.29. The first-order chi connectivity index (χ1) is 7.93. The third-order valence-electron chi connectivity index (χ3n) is 4.06. The number of esters is 1. The van der Waals surface area contributed by atoms with E-state index in [0.717, 1.165) is 11.8 Å².